The summed E-state index contributed by atoms with van der Waals surface area (Å²) in [6.07, 6.45) is -0.541. The highest BCUT2D eigenvalue weighted by Gasteiger charge is 2.24. The van der Waals surface area contributed by atoms with E-state index in [2.05, 4.69) is 15.0 Å². The lowest BCUT2D eigenvalue weighted by Gasteiger charge is -2.16. The van der Waals surface area contributed by atoms with E-state index in [1.54, 1.807) is 28.8 Å². The normalized spacial score (nSPS) is 11.2. The molecule has 0 spiro atoms. The Bertz CT molecular complexity index is 1400. The van der Waals surface area contributed by atoms with Crippen molar-refractivity contribution in [2.45, 2.75) is 23.0 Å². The van der Waals surface area contributed by atoms with Gasteiger partial charge in [0.15, 0.2) is 33.6 Å². The second kappa shape index (κ2) is 10.5. The number of hydrogen-bond donors (Lipinski definition) is 1. The van der Waals surface area contributed by atoms with E-state index < -0.39 is 6.08 Å². The van der Waals surface area contributed by atoms with Crippen LogP contribution in [-0.4, -0.2) is 40.8 Å². The van der Waals surface area contributed by atoms with Gasteiger partial charge in [-0.15, -0.1) is 0 Å². The van der Waals surface area contributed by atoms with Crippen LogP contribution in [0.3, 0.4) is 0 Å². The van der Waals surface area contributed by atoms with Gasteiger partial charge in [0.2, 0.25) is 5.75 Å². The molecule has 4 rings (SSSR count). The van der Waals surface area contributed by atoms with Gasteiger partial charge in [0.05, 0.1) is 21.3 Å². The number of rotatable bonds is 8. The van der Waals surface area contributed by atoms with Crippen LogP contribution in [0.1, 0.15) is 5.56 Å². The predicted molar refractivity (Wildman–Crippen MR) is 135 cm³/mol. The van der Waals surface area contributed by atoms with Crippen LogP contribution < -0.4 is 19.9 Å². The number of benzene rings is 2. The standard InChI is InChI=1S/C22H19Cl3FN5O3S/c1-32-13-9-14(15(25)18(34-3)17(13)33-2)35-22-28-16-19(27)29-21(26)30-20(16)31(22)8-7-10-11(23)5-4-6-12(10)24/h4-6,9H,7-8H2,1-3H3,(H2,27,29,30). The molecule has 0 amide bonds. The average molecular weight is 559 g/mol. The molecule has 184 valence electrons. The summed E-state index contributed by atoms with van der Waals surface area (Å²) in [7, 11) is 4.46. The summed E-state index contributed by atoms with van der Waals surface area (Å²) in [6.45, 7) is 0.320. The molecule has 0 atom stereocenters. The summed E-state index contributed by atoms with van der Waals surface area (Å²) in [6, 6.07) is 6.95. The van der Waals surface area contributed by atoms with Crippen molar-refractivity contribution in [3.05, 3.63) is 51.0 Å². The van der Waals surface area contributed by atoms with Gasteiger partial charge in [-0.2, -0.15) is 14.4 Å². The highest BCUT2D eigenvalue weighted by Crippen LogP contribution is 2.49. The summed E-state index contributed by atoms with van der Waals surface area (Å²) < 4.78 is 32.1. The SMILES string of the molecule is COc1cc(Sc2nc3c(N)nc(F)nc3n2CCc2c(Cl)cccc2Cl)c(Cl)c(OC)c1OC. The predicted octanol–water partition coefficient (Wildman–Crippen LogP) is 5.93. The minimum Gasteiger partial charge on any atom is -0.493 e. The van der Waals surface area contributed by atoms with E-state index in [4.69, 9.17) is 54.7 Å². The lowest BCUT2D eigenvalue weighted by Crippen LogP contribution is -2.06. The summed E-state index contributed by atoms with van der Waals surface area (Å²) in [5.41, 5.74) is 7.16. The number of fused-ring (bicyclic) bond motifs is 1. The minimum absolute atomic E-state index is 0.0835. The van der Waals surface area contributed by atoms with Crippen molar-refractivity contribution in [2.24, 2.45) is 0 Å². The van der Waals surface area contributed by atoms with Crippen molar-refractivity contribution in [3.63, 3.8) is 0 Å². The molecule has 0 unspecified atom stereocenters. The molecule has 0 bridgehead atoms. The highest BCUT2D eigenvalue weighted by molar-refractivity contribution is 7.99. The lowest BCUT2D eigenvalue weighted by molar-refractivity contribution is 0.323. The number of aryl methyl sites for hydroxylation is 1. The Hall–Kier alpha value is -2.66. The number of anilines is 1. The minimum atomic E-state index is -0.964. The molecule has 8 nitrogen and oxygen atoms in total. The molecule has 0 radical (unpaired) electrons. The van der Waals surface area contributed by atoms with Crippen LogP contribution in [0.25, 0.3) is 11.2 Å². The van der Waals surface area contributed by atoms with Crippen LogP contribution in [0, 0.1) is 6.08 Å². The maximum Gasteiger partial charge on any atom is 0.312 e. The summed E-state index contributed by atoms with van der Waals surface area (Å²) >= 11 is 20.5. The third kappa shape index (κ3) is 4.88. The number of aromatic nitrogens is 4. The number of ether oxygens (including phenoxy) is 3. The fourth-order valence-corrected chi connectivity index (χ4v) is 5.41. The molecule has 4 aromatic rings. The number of nitrogens with zero attached hydrogens (tertiary/aromatic N) is 4. The number of imidazole rings is 1. The maximum atomic E-state index is 14.1. The molecule has 0 saturated carbocycles. The topological polar surface area (TPSA) is 97.3 Å². The van der Waals surface area contributed by atoms with E-state index in [9.17, 15) is 4.39 Å². The van der Waals surface area contributed by atoms with Gasteiger partial charge in [-0.05, 0) is 41.9 Å². The molecule has 2 aromatic heterocycles. The molecule has 35 heavy (non-hydrogen) atoms. The fraction of sp³-hybridized carbons (Fsp3) is 0.227. The zero-order chi connectivity index (χ0) is 25.3. The van der Waals surface area contributed by atoms with Gasteiger partial charge < -0.3 is 24.5 Å². The largest absolute Gasteiger partial charge is 0.493 e. The van der Waals surface area contributed by atoms with Gasteiger partial charge in [-0.25, -0.2) is 4.98 Å². The van der Waals surface area contributed by atoms with E-state index in [0.717, 1.165) is 5.56 Å². The quantitative estimate of drug-likeness (QED) is 0.266. The fourth-order valence-electron chi connectivity index (χ4n) is 3.52. The summed E-state index contributed by atoms with van der Waals surface area (Å²) in [5, 5.41) is 1.76. The van der Waals surface area contributed by atoms with Crippen molar-refractivity contribution >= 4 is 63.5 Å². The number of halogens is 4. The van der Waals surface area contributed by atoms with Crippen molar-refractivity contribution in [1.29, 1.82) is 0 Å². The average Bonchev–Trinajstić information content (AvgIpc) is 3.16. The first-order valence-corrected chi connectivity index (χ1v) is 12.0. The second-order valence-corrected chi connectivity index (χ2v) is 9.31. The van der Waals surface area contributed by atoms with Crippen LogP contribution in [0.4, 0.5) is 10.2 Å². The highest BCUT2D eigenvalue weighted by atomic mass is 35.5. The van der Waals surface area contributed by atoms with E-state index in [1.165, 1.54) is 33.1 Å². The van der Waals surface area contributed by atoms with Crippen molar-refractivity contribution in [3.8, 4) is 17.2 Å². The van der Waals surface area contributed by atoms with Crippen molar-refractivity contribution in [2.75, 3.05) is 27.1 Å². The molecule has 0 saturated heterocycles. The van der Waals surface area contributed by atoms with Gasteiger partial charge in [-0.1, -0.05) is 40.9 Å². The smallest absolute Gasteiger partial charge is 0.312 e. The van der Waals surface area contributed by atoms with Gasteiger partial charge in [0.25, 0.3) is 0 Å². The zero-order valence-corrected chi connectivity index (χ0v) is 21.8. The molecular weight excluding hydrogens is 540 g/mol. The molecule has 0 aliphatic rings. The third-order valence-corrected chi connectivity index (χ3v) is 7.38. The molecule has 0 aliphatic heterocycles. The molecule has 0 aliphatic carbocycles. The molecule has 2 heterocycles. The van der Waals surface area contributed by atoms with Gasteiger partial charge in [0.1, 0.15) is 5.02 Å². The molecular formula is C22H19Cl3FN5O3S. The van der Waals surface area contributed by atoms with Crippen LogP contribution in [0.15, 0.2) is 34.3 Å². The molecule has 0 fully saturated rings. The van der Waals surface area contributed by atoms with Crippen LogP contribution in [0.5, 0.6) is 17.2 Å². The number of hydrogen-bond acceptors (Lipinski definition) is 8. The molecule has 2 aromatic carbocycles. The Morgan fingerprint density at radius 2 is 1.69 bits per heavy atom. The Morgan fingerprint density at radius 1 is 1.00 bits per heavy atom. The Kier molecular flexibility index (Phi) is 7.65. The first-order valence-electron chi connectivity index (χ1n) is 10.1. The van der Waals surface area contributed by atoms with E-state index in [1.807, 2.05) is 0 Å². The number of nitrogen functional groups attached to an aromatic ring is 1. The van der Waals surface area contributed by atoms with Crippen molar-refractivity contribution in [1.82, 2.24) is 19.5 Å². The summed E-state index contributed by atoms with van der Waals surface area (Å²) in [5.74, 6) is 0.974. The zero-order valence-electron chi connectivity index (χ0n) is 18.7. The molecule has 13 heteroatoms. The van der Waals surface area contributed by atoms with Crippen LogP contribution in [-0.2, 0) is 13.0 Å². The Labute approximate surface area is 219 Å². The van der Waals surface area contributed by atoms with E-state index in [0.29, 0.717) is 50.3 Å². The van der Waals surface area contributed by atoms with Crippen molar-refractivity contribution < 1.29 is 18.6 Å². The number of methoxy groups -OCH3 is 3. The number of nitrogens with two attached hydrogens (primary N) is 1. The lowest BCUT2D eigenvalue weighted by atomic mass is 10.1. The third-order valence-electron chi connectivity index (χ3n) is 5.14. The van der Waals surface area contributed by atoms with E-state index >= 15 is 0 Å². The van der Waals surface area contributed by atoms with E-state index in [-0.39, 0.29) is 22.0 Å². The van der Waals surface area contributed by atoms with Gasteiger partial charge >= 0.3 is 6.08 Å². The van der Waals surface area contributed by atoms with Crippen LogP contribution in [0.2, 0.25) is 15.1 Å². The monoisotopic (exact) mass is 557 g/mol. The van der Waals surface area contributed by atoms with Crippen LogP contribution >= 0.6 is 46.6 Å². The second-order valence-electron chi connectivity index (χ2n) is 7.11. The van der Waals surface area contributed by atoms with Gasteiger partial charge in [0, 0.05) is 21.5 Å². The first-order chi connectivity index (χ1) is 16.8. The van der Waals surface area contributed by atoms with Gasteiger partial charge in [-0.3, -0.25) is 0 Å². The summed E-state index contributed by atoms with van der Waals surface area (Å²) in [4.78, 5) is 12.7. The Morgan fingerprint density at radius 3 is 2.31 bits per heavy atom. The first kappa shape index (κ1) is 25.4. The Balaban J connectivity index is 1.83. The maximum absolute atomic E-state index is 14.1. The molecule has 2 N–H and O–H groups in total.